The maximum atomic E-state index is 6.02. The summed E-state index contributed by atoms with van der Waals surface area (Å²) in [6.45, 7) is 10.4. The molecule has 98 valence electrons. The van der Waals surface area contributed by atoms with E-state index in [2.05, 4.69) is 74.8 Å². The molecule has 0 radical (unpaired) electrons. The zero-order valence-electron chi connectivity index (χ0n) is 11.7. The van der Waals surface area contributed by atoms with Gasteiger partial charge in [0.2, 0.25) is 0 Å². The maximum absolute atomic E-state index is 6.02. The number of hydrogen-bond donors (Lipinski definition) is 0. The molecule has 1 saturated heterocycles. The summed E-state index contributed by atoms with van der Waals surface area (Å²) >= 11 is 3.56. The van der Waals surface area contributed by atoms with Gasteiger partial charge >= 0.3 is 7.12 Å². The van der Waals surface area contributed by atoms with E-state index < -0.39 is 0 Å². The number of halogens is 1. The van der Waals surface area contributed by atoms with Gasteiger partial charge in [-0.25, -0.2) is 0 Å². The van der Waals surface area contributed by atoms with Gasteiger partial charge in [0.25, 0.3) is 0 Å². The highest BCUT2D eigenvalue weighted by atomic mass is 79.9. The Hall–Kier alpha value is -0.315. The lowest BCUT2D eigenvalue weighted by atomic mass is 9.79. The second kappa shape index (κ2) is 4.66. The average molecular weight is 311 g/mol. The van der Waals surface area contributed by atoms with Crippen LogP contribution in [0.4, 0.5) is 0 Å². The highest BCUT2D eigenvalue weighted by molar-refractivity contribution is 9.09. The molecule has 1 aromatic rings. The molecule has 2 nitrogen and oxygen atoms in total. The van der Waals surface area contributed by atoms with Gasteiger partial charge in [-0.15, -0.1) is 0 Å². The van der Waals surface area contributed by atoms with E-state index in [4.69, 9.17) is 9.31 Å². The summed E-state index contributed by atoms with van der Waals surface area (Å²) in [7, 11) is -0.269. The molecule has 0 aliphatic carbocycles. The molecule has 2 rings (SSSR count). The third-order valence-electron chi connectivity index (χ3n) is 3.92. The maximum Gasteiger partial charge on any atom is 0.494 e. The standard InChI is InChI=1S/C14H20BBrO2/c1-10(16)11-6-8-12(9-7-11)15-17-13(2,3)14(4,5)18-15/h6-10H,1-5H3/t10-/m1/s1. The highest BCUT2D eigenvalue weighted by Gasteiger charge is 2.51. The Bertz CT molecular complexity index is 410. The van der Waals surface area contributed by atoms with Crippen LogP contribution < -0.4 is 5.46 Å². The predicted octanol–water partition coefficient (Wildman–Crippen LogP) is 3.44. The van der Waals surface area contributed by atoms with E-state index in [0.29, 0.717) is 4.83 Å². The minimum absolute atomic E-state index is 0.269. The van der Waals surface area contributed by atoms with Gasteiger partial charge in [0.05, 0.1) is 11.2 Å². The van der Waals surface area contributed by atoms with Crippen molar-refractivity contribution >= 4 is 28.5 Å². The van der Waals surface area contributed by atoms with Crippen LogP contribution in [-0.2, 0) is 9.31 Å². The molecule has 1 aromatic carbocycles. The summed E-state index contributed by atoms with van der Waals surface area (Å²) in [5.41, 5.74) is 1.78. The van der Waals surface area contributed by atoms with Gasteiger partial charge in [0.1, 0.15) is 0 Å². The minimum Gasteiger partial charge on any atom is -0.399 e. The van der Waals surface area contributed by atoms with Gasteiger partial charge in [0, 0.05) is 4.83 Å². The molecule has 1 fully saturated rings. The molecule has 0 saturated carbocycles. The van der Waals surface area contributed by atoms with Crippen LogP contribution in [0, 0.1) is 0 Å². The molecule has 1 heterocycles. The summed E-state index contributed by atoms with van der Waals surface area (Å²) in [5, 5.41) is 0. The van der Waals surface area contributed by atoms with Crippen LogP contribution in [0.2, 0.25) is 0 Å². The predicted molar refractivity (Wildman–Crippen MR) is 79.5 cm³/mol. The van der Waals surface area contributed by atoms with Crippen molar-refractivity contribution in [1.82, 2.24) is 0 Å². The van der Waals surface area contributed by atoms with E-state index in [9.17, 15) is 0 Å². The first kappa shape index (κ1) is 14.1. The minimum atomic E-state index is -0.279. The van der Waals surface area contributed by atoms with Gasteiger partial charge in [0.15, 0.2) is 0 Å². The zero-order chi connectivity index (χ0) is 13.6. The van der Waals surface area contributed by atoms with Crippen molar-refractivity contribution in [3.05, 3.63) is 29.8 Å². The molecular formula is C14H20BBrO2. The molecule has 0 amide bonds. The quantitative estimate of drug-likeness (QED) is 0.615. The number of hydrogen-bond acceptors (Lipinski definition) is 2. The summed E-state index contributed by atoms with van der Waals surface area (Å²) in [6, 6.07) is 8.38. The van der Waals surface area contributed by atoms with Crippen molar-refractivity contribution < 1.29 is 9.31 Å². The van der Waals surface area contributed by atoms with Crippen LogP contribution >= 0.6 is 15.9 Å². The lowest BCUT2D eigenvalue weighted by Crippen LogP contribution is -2.41. The molecule has 1 aliphatic heterocycles. The van der Waals surface area contributed by atoms with Crippen molar-refractivity contribution in [3.8, 4) is 0 Å². The number of benzene rings is 1. The summed E-state index contributed by atoms with van der Waals surface area (Å²) in [4.78, 5) is 0.366. The van der Waals surface area contributed by atoms with Crippen molar-refractivity contribution in [2.24, 2.45) is 0 Å². The lowest BCUT2D eigenvalue weighted by Gasteiger charge is -2.32. The molecule has 1 aliphatic rings. The van der Waals surface area contributed by atoms with Gasteiger partial charge in [-0.05, 0) is 45.6 Å². The van der Waals surface area contributed by atoms with E-state index in [1.54, 1.807) is 0 Å². The smallest absolute Gasteiger partial charge is 0.399 e. The van der Waals surface area contributed by atoms with Crippen molar-refractivity contribution in [2.45, 2.75) is 50.6 Å². The SMILES string of the molecule is C[C@@H](Br)c1ccc(B2OC(C)(C)C(C)(C)O2)cc1. The first-order valence-electron chi connectivity index (χ1n) is 6.32. The fourth-order valence-corrected chi connectivity index (χ4v) is 2.20. The Morgan fingerprint density at radius 1 is 1.00 bits per heavy atom. The third-order valence-corrected chi connectivity index (χ3v) is 4.45. The molecule has 18 heavy (non-hydrogen) atoms. The molecule has 0 unspecified atom stereocenters. The molecule has 4 heteroatoms. The van der Waals surface area contributed by atoms with Gasteiger partial charge in [-0.3, -0.25) is 0 Å². The summed E-state index contributed by atoms with van der Waals surface area (Å²) in [6.07, 6.45) is 0. The Labute approximate surface area is 118 Å². The zero-order valence-corrected chi connectivity index (χ0v) is 13.2. The van der Waals surface area contributed by atoms with Crippen LogP contribution in [0.3, 0.4) is 0 Å². The van der Waals surface area contributed by atoms with Crippen LogP contribution in [0.25, 0.3) is 0 Å². The van der Waals surface area contributed by atoms with E-state index >= 15 is 0 Å². The molecule has 0 spiro atoms. The Balaban J connectivity index is 2.19. The van der Waals surface area contributed by atoms with E-state index in [1.165, 1.54) is 5.56 Å². The van der Waals surface area contributed by atoms with E-state index in [-0.39, 0.29) is 18.3 Å². The highest BCUT2D eigenvalue weighted by Crippen LogP contribution is 2.36. The van der Waals surface area contributed by atoms with Gasteiger partial charge in [-0.2, -0.15) is 0 Å². The second-order valence-corrected chi connectivity index (χ2v) is 7.24. The van der Waals surface area contributed by atoms with Gasteiger partial charge < -0.3 is 9.31 Å². The van der Waals surface area contributed by atoms with Crippen LogP contribution in [0.15, 0.2) is 24.3 Å². The van der Waals surface area contributed by atoms with E-state index in [1.807, 2.05) is 0 Å². The average Bonchev–Trinajstić information content (AvgIpc) is 2.48. The van der Waals surface area contributed by atoms with Crippen molar-refractivity contribution in [3.63, 3.8) is 0 Å². The monoisotopic (exact) mass is 310 g/mol. The summed E-state index contributed by atoms with van der Waals surface area (Å²) < 4.78 is 12.0. The van der Waals surface area contributed by atoms with Crippen LogP contribution in [-0.4, -0.2) is 18.3 Å². The van der Waals surface area contributed by atoms with E-state index in [0.717, 1.165) is 5.46 Å². The fourth-order valence-electron chi connectivity index (χ4n) is 1.90. The molecule has 1 atom stereocenters. The molecule has 0 N–H and O–H groups in total. The first-order valence-corrected chi connectivity index (χ1v) is 7.24. The van der Waals surface area contributed by atoms with Crippen molar-refractivity contribution in [1.29, 1.82) is 0 Å². The fraction of sp³-hybridized carbons (Fsp3) is 0.571. The summed E-state index contributed by atoms with van der Waals surface area (Å²) in [5.74, 6) is 0. The number of rotatable bonds is 2. The largest absolute Gasteiger partial charge is 0.494 e. The topological polar surface area (TPSA) is 18.5 Å². The second-order valence-electron chi connectivity index (χ2n) is 5.87. The van der Waals surface area contributed by atoms with Crippen LogP contribution in [0.1, 0.15) is 45.0 Å². The normalized spacial score (nSPS) is 23.1. The molecule has 0 aromatic heterocycles. The lowest BCUT2D eigenvalue weighted by molar-refractivity contribution is 0.00578. The van der Waals surface area contributed by atoms with Gasteiger partial charge in [-0.1, -0.05) is 40.2 Å². The van der Waals surface area contributed by atoms with Crippen molar-refractivity contribution in [2.75, 3.05) is 0 Å². The molecule has 0 bridgehead atoms. The van der Waals surface area contributed by atoms with Crippen LogP contribution in [0.5, 0.6) is 0 Å². The Morgan fingerprint density at radius 3 is 1.83 bits per heavy atom. The number of alkyl halides is 1. The Morgan fingerprint density at radius 2 is 1.44 bits per heavy atom. The third kappa shape index (κ3) is 2.51. The first-order chi connectivity index (χ1) is 8.23. The Kier molecular flexibility index (Phi) is 3.65. The molecular weight excluding hydrogens is 291 g/mol.